The highest BCUT2D eigenvalue weighted by atomic mass is 15.2. The first-order valence-electron chi connectivity index (χ1n) is 12.5. The SMILES string of the molecule is CCCCN1CCCN(Cc2ccccn2)CCNCCCN(Cc2ccccn2)CC1. The van der Waals surface area contributed by atoms with Crippen molar-refractivity contribution in [2.75, 3.05) is 58.9 Å². The summed E-state index contributed by atoms with van der Waals surface area (Å²) in [5.74, 6) is 0. The summed E-state index contributed by atoms with van der Waals surface area (Å²) >= 11 is 0. The van der Waals surface area contributed by atoms with E-state index < -0.39 is 0 Å². The molecule has 0 unspecified atom stereocenters. The second-order valence-corrected chi connectivity index (χ2v) is 8.85. The fraction of sp³-hybridized carbons (Fsp3) is 0.615. The lowest BCUT2D eigenvalue weighted by Gasteiger charge is -2.29. The normalized spacial score (nSPS) is 18.9. The Morgan fingerprint density at radius 3 is 2.00 bits per heavy atom. The molecule has 0 atom stereocenters. The zero-order valence-electron chi connectivity index (χ0n) is 20.0. The molecule has 0 bridgehead atoms. The minimum absolute atomic E-state index is 0.940. The van der Waals surface area contributed by atoms with Gasteiger partial charge in [0.05, 0.1) is 11.4 Å². The molecule has 2 aromatic heterocycles. The van der Waals surface area contributed by atoms with E-state index in [4.69, 9.17) is 0 Å². The molecule has 0 aliphatic carbocycles. The van der Waals surface area contributed by atoms with Crippen molar-refractivity contribution < 1.29 is 0 Å². The molecule has 176 valence electrons. The van der Waals surface area contributed by atoms with E-state index in [9.17, 15) is 0 Å². The van der Waals surface area contributed by atoms with Crippen LogP contribution < -0.4 is 5.32 Å². The Morgan fingerprint density at radius 1 is 0.719 bits per heavy atom. The minimum atomic E-state index is 0.940. The summed E-state index contributed by atoms with van der Waals surface area (Å²) in [6.07, 6.45) is 8.72. The van der Waals surface area contributed by atoms with Gasteiger partial charge in [0.2, 0.25) is 0 Å². The molecule has 3 rings (SSSR count). The fourth-order valence-corrected chi connectivity index (χ4v) is 4.29. The summed E-state index contributed by atoms with van der Waals surface area (Å²) in [7, 11) is 0. The van der Waals surface area contributed by atoms with E-state index in [0.717, 1.165) is 58.9 Å². The van der Waals surface area contributed by atoms with Crippen LogP contribution in [0.2, 0.25) is 0 Å². The molecule has 32 heavy (non-hydrogen) atoms. The maximum absolute atomic E-state index is 4.56. The van der Waals surface area contributed by atoms with Crippen LogP contribution in [-0.4, -0.2) is 83.6 Å². The second kappa shape index (κ2) is 15.1. The molecule has 0 amide bonds. The Hall–Kier alpha value is -1.86. The first-order valence-corrected chi connectivity index (χ1v) is 12.5. The average Bonchev–Trinajstić information content (AvgIpc) is 2.83. The van der Waals surface area contributed by atoms with Gasteiger partial charge in [0.15, 0.2) is 0 Å². The predicted molar refractivity (Wildman–Crippen MR) is 132 cm³/mol. The summed E-state index contributed by atoms with van der Waals surface area (Å²) in [5, 5.41) is 3.66. The fourth-order valence-electron chi connectivity index (χ4n) is 4.29. The number of nitrogens with zero attached hydrogens (tertiary/aromatic N) is 5. The van der Waals surface area contributed by atoms with Crippen molar-refractivity contribution in [3.63, 3.8) is 0 Å². The van der Waals surface area contributed by atoms with E-state index >= 15 is 0 Å². The molecule has 1 aliphatic heterocycles. The van der Waals surface area contributed by atoms with Crippen molar-refractivity contribution in [3.8, 4) is 0 Å². The van der Waals surface area contributed by atoms with Gasteiger partial charge in [0.25, 0.3) is 0 Å². The molecule has 1 N–H and O–H groups in total. The molecule has 1 fully saturated rings. The summed E-state index contributed by atoms with van der Waals surface area (Å²) in [4.78, 5) is 16.9. The highest BCUT2D eigenvalue weighted by Crippen LogP contribution is 2.07. The summed E-state index contributed by atoms with van der Waals surface area (Å²) in [6, 6.07) is 12.5. The van der Waals surface area contributed by atoms with Crippen LogP contribution in [0.4, 0.5) is 0 Å². The van der Waals surface area contributed by atoms with Crippen molar-refractivity contribution in [1.82, 2.24) is 30.0 Å². The zero-order valence-corrected chi connectivity index (χ0v) is 20.0. The maximum Gasteiger partial charge on any atom is 0.0543 e. The topological polar surface area (TPSA) is 47.5 Å². The smallest absolute Gasteiger partial charge is 0.0543 e. The van der Waals surface area contributed by atoms with Crippen LogP contribution in [0.15, 0.2) is 48.8 Å². The van der Waals surface area contributed by atoms with E-state index in [1.54, 1.807) is 0 Å². The van der Waals surface area contributed by atoms with Gasteiger partial charge < -0.3 is 10.2 Å². The summed E-state index contributed by atoms with van der Waals surface area (Å²) < 4.78 is 0. The maximum atomic E-state index is 4.56. The predicted octanol–water partition coefficient (Wildman–Crippen LogP) is 3.27. The van der Waals surface area contributed by atoms with Crippen molar-refractivity contribution >= 4 is 0 Å². The van der Waals surface area contributed by atoms with Gasteiger partial charge in [-0.05, 0) is 76.3 Å². The van der Waals surface area contributed by atoms with Gasteiger partial charge in [0, 0.05) is 51.7 Å². The molecular formula is C26H42N6. The van der Waals surface area contributed by atoms with Crippen LogP contribution in [0.3, 0.4) is 0 Å². The van der Waals surface area contributed by atoms with E-state index in [1.165, 1.54) is 50.2 Å². The third-order valence-electron chi connectivity index (χ3n) is 6.17. The molecule has 1 aliphatic rings. The lowest BCUT2D eigenvalue weighted by Crippen LogP contribution is -2.40. The van der Waals surface area contributed by atoms with Gasteiger partial charge in [-0.1, -0.05) is 25.5 Å². The number of unbranched alkanes of at least 4 members (excludes halogenated alkanes) is 1. The highest BCUT2D eigenvalue weighted by molar-refractivity contribution is 5.04. The van der Waals surface area contributed by atoms with Crippen LogP contribution in [0.5, 0.6) is 0 Å². The molecular weight excluding hydrogens is 396 g/mol. The van der Waals surface area contributed by atoms with Crippen LogP contribution in [-0.2, 0) is 13.1 Å². The van der Waals surface area contributed by atoms with Crippen molar-refractivity contribution in [2.24, 2.45) is 0 Å². The lowest BCUT2D eigenvalue weighted by molar-refractivity contribution is 0.176. The first-order chi connectivity index (χ1) is 15.8. The van der Waals surface area contributed by atoms with Crippen LogP contribution in [0.25, 0.3) is 0 Å². The summed E-state index contributed by atoms with van der Waals surface area (Å²) in [6.45, 7) is 14.2. The molecule has 2 aromatic rings. The standard InChI is InChI=1S/C26H42N6/c1-2-3-16-30-18-9-19-31(23-25-10-4-6-13-28-25)20-15-27-12-8-17-32(22-21-30)24-26-11-5-7-14-29-26/h4-7,10-11,13-14,27H,2-3,8-9,12,15-24H2,1H3. The van der Waals surface area contributed by atoms with Gasteiger partial charge in [-0.15, -0.1) is 0 Å². The van der Waals surface area contributed by atoms with Gasteiger partial charge in [-0.25, -0.2) is 0 Å². The lowest BCUT2D eigenvalue weighted by atomic mass is 10.2. The quantitative estimate of drug-likeness (QED) is 0.716. The van der Waals surface area contributed by atoms with E-state index in [2.05, 4.69) is 61.2 Å². The molecule has 0 radical (unpaired) electrons. The molecule has 0 spiro atoms. The average molecular weight is 439 g/mol. The molecule has 0 saturated carbocycles. The van der Waals surface area contributed by atoms with E-state index in [1.807, 2.05) is 24.5 Å². The number of rotatable bonds is 7. The Bertz CT molecular complexity index is 711. The summed E-state index contributed by atoms with van der Waals surface area (Å²) in [5.41, 5.74) is 2.34. The Balaban J connectivity index is 1.57. The first kappa shape index (κ1) is 24.8. The number of aromatic nitrogens is 2. The van der Waals surface area contributed by atoms with Crippen LogP contribution >= 0.6 is 0 Å². The van der Waals surface area contributed by atoms with Crippen molar-refractivity contribution in [1.29, 1.82) is 0 Å². The second-order valence-electron chi connectivity index (χ2n) is 8.85. The zero-order chi connectivity index (χ0) is 22.3. The van der Waals surface area contributed by atoms with Gasteiger partial charge in [-0.3, -0.25) is 19.8 Å². The van der Waals surface area contributed by atoms with Gasteiger partial charge >= 0.3 is 0 Å². The molecule has 0 aromatic carbocycles. The third kappa shape index (κ3) is 9.74. The van der Waals surface area contributed by atoms with Gasteiger partial charge in [0.1, 0.15) is 0 Å². The number of pyridine rings is 2. The van der Waals surface area contributed by atoms with Crippen LogP contribution in [0.1, 0.15) is 44.0 Å². The Labute approximate surface area is 195 Å². The minimum Gasteiger partial charge on any atom is -0.315 e. The molecule has 1 saturated heterocycles. The van der Waals surface area contributed by atoms with E-state index in [-0.39, 0.29) is 0 Å². The Kier molecular flexibility index (Phi) is 11.7. The Morgan fingerprint density at radius 2 is 1.34 bits per heavy atom. The van der Waals surface area contributed by atoms with Crippen LogP contribution in [0, 0.1) is 0 Å². The number of nitrogens with one attached hydrogen (secondary N) is 1. The molecule has 6 nitrogen and oxygen atoms in total. The largest absolute Gasteiger partial charge is 0.315 e. The van der Waals surface area contributed by atoms with Crippen molar-refractivity contribution in [3.05, 3.63) is 60.2 Å². The van der Waals surface area contributed by atoms with Gasteiger partial charge in [-0.2, -0.15) is 0 Å². The highest BCUT2D eigenvalue weighted by Gasteiger charge is 2.13. The van der Waals surface area contributed by atoms with Crippen molar-refractivity contribution in [2.45, 2.75) is 45.7 Å². The third-order valence-corrected chi connectivity index (χ3v) is 6.17. The van der Waals surface area contributed by atoms with E-state index in [0.29, 0.717) is 0 Å². The molecule has 3 heterocycles. The monoisotopic (exact) mass is 438 g/mol. The molecule has 6 heteroatoms. The number of hydrogen-bond donors (Lipinski definition) is 1. The number of hydrogen-bond acceptors (Lipinski definition) is 6.